The third-order valence-corrected chi connectivity index (χ3v) is 4.33. The van der Waals surface area contributed by atoms with E-state index in [0.29, 0.717) is 30.3 Å². The molecule has 0 N–H and O–H groups in total. The molecule has 0 fully saturated rings. The Balaban J connectivity index is 2.02. The fourth-order valence-electron chi connectivity index (χ4n) is 2.66. The lowest BCUT2D eigenvalue weighted by atomic mass is 10.2. The fraction of sp³-hybridized carbons (Fsp3) is 0.318. The molecule has 8 heteroatoms. The van der Waals surface area contributed by atoms with Crippen LogP contribution in [-0.4, -0.2) is 48.7 Å². The van der Waals surface area contributed by atoms with Gasteiger partial charge in [0.2, 0.25) is 0 Å². The van der Waals surface area contributed by atoms with E-state index in [-0.39, 0.29) is 24.7 Å². The Kier molecular flexibility index (Phi) is 8.22. The maximum absolute atomic E-state index is 12.4. The molecule has 0 aliphatic heterocycles. The van der Waals surface area contributed by atoms with Gasteiger partial charge in [-0.3, -0.25) is 4.79 Å². The van der Waals surface area contributed by atoms with Gasteiger partial charge in [0.05, 0.1) is 23.9 Å². The molecule has 30 heavy (non-hydrogen) atoms. The first kappa shape index (κ1) is 22.7. The Morgan fingerprint density at radius 2 is 1.87 bits per heavy atom. The van der Waals surface area contributed by atoms with E-state index >= 15 is 0 Å². The van der Waals surface area contributed by atoms with Crippen LogP contribution in [0.5, 0.6) is 11.5 Å². The summed E-state index contributed by atoms with van der Waals surface area (Å²) in [7, 11) is 1.47. The summed E-state index contributed by atoms with van der Waals surface area (Å²) in [5, 5.41) is 3.89. The van der Waals surface area contributed by atoms with Crippen molar-refractivity contribution in [3.8, 4) is 11.5 Å². The molecule has 0 aliphatic rings. The second-order valence-electron chi connectivity index (χ2n) is 6.41. The number of hydrogen-bond donors (Lipinski definition) is 0. The van der Waals surface area contributed by atoms with E-state index in [0.717, 1.165) is 11.3 Å². The van der Waals surface area contributed by atoms with E-state index in [9.17, 15) is 9.59 Å². The monoisotopic (exact) mass is 414 g/mol. The van der Waals surface area contributed by atoms with Crippen LogP contribution in [0.2, 0.25) is 0 Å². The highest BCUT2D eigenvalue weighted by Crippen LogP contribution is 2.29. The minimum atomic E-state index is -0.643. The van der Waals surface area contributed by atoms with Gasteiger partial charge in [0.1, 0.15) is 12.4 Å². The molecule has 1 aromatic carbocycles. The van der Waals surface area contributed by atoms with Gasteiger partial charge in [-0.15, -0.1) is 13.2 Å². The van der Waals surface area contributed by atoms with Gasteiger partial charge < -0.3 is 23.6 Å². The van der Waals surface area contributed by atoms with Crippen LogP contribution < -0.4 is 9.47 Å². The molecule has 2 aromatic rings. The van der Waals surface area contributed by atoms with Crippen LogP contribution in [0.25, 0.3) is 0 Å². The predicted octanol–water partition coefficient (Wildman–Crippen LogP) is 3.24. The maximum atomic E-state index is 12.4. The molecule has 0 saturated carbocycles. The van der Waals surface area contributed by atoms with Crippen molar-refractivity contribution in [2.75, 3.05) is 26.8 Å². The summed E-state index contributed by atoms with van der Waals surface area (Å²) in [5.41, 5.74) is 1.84. The van der Waals surface area contributed by atoms with E-state index in [2.05, 4.69) is 18.3 Å². The van der Waals surface area contributed by atoms with E-state index < -0.39 is 5.97 Å². The summed E-state index contributed by atoms with van der Waals surface area (Å²) in [6, 6.07) is 4.65. The minimum Gasteiger partial charge on any atom is -0.493 e. The number of esters is 1. The van der Waals surface area contributed by atoms with Crippen LogP contribution in [0.15, 0.2) is 48.0 Å². The molecule has 0 saturated heterocycles. The molecule has 0 radical (unpaired) electrons. The van der Waals surface area contributed by atoms with E-state index in [1.165, 1.54) is 18.1 Å². The number of carbonyl (C=O) groups is 2. The van der Waals surface area contributed by atoms with Gasteiger partial charge in [0, 0.05) is 13.1 Å². The molecule has 0 unspecified atom stereocenters. The van der Waals surface area contributed by atoms with Crippen LogP contribution >= 0.6 is 0 Å². The van der Waals surface area contributed by atoms with Crippen molar-refractivity contribution < 1.29 is 28.3 Å². The number of hydrogen-bond acceptors (Lipinski definition) is 7. The van der Waals surface area contributed by atoms with Gasteiger partial charge in [-0.25, -0.2) is 4.79 Å². The average Bonchev–Trinajstić information content (AvgIpc) is 3.07. The van der Waals surface area contributed by atoms with Crippen molar-refractivity contribution in [1.29, 1.82) is 0 Å². The predicted molar refractivity (Wildman–Crippen MR) is 111 cm³/mol. The van der Waals surface area contributed by atoms with E-state index in [1.54, 1.807) is 24.3 Å². The first-order valence-electron chi connectivity index (χ1n) is 9.30. The van der Waals surface area contributed by atoms with Crippen molar-refractivity contribution in [2.45, 2.75) is 20.5 Å². The Labute approximate surface area is 175 Å². The number of nitrogens with zero attached hydrogens (tertiary/aromatic N) is 2. The molecule has 2 rings (SSSR count). The molecular formula is C22H26N2O6. The lowest BCUT2D eigenvalue weighted by molar-refractivity contribution is -0.133. The van der Waals surface area contributed by atoms with Crippen LogP contribution in [0.3, 0.4) is 0 Å². The molecule has 1 heterocycles. The normalized spacial score (nSPS) is 10.2. The summed E-state index contributed by atoms with van der Waals surface area (Å²) in [6.45, 7) is 11.4. The maximum Gasteiger partial charge on any atom is 0.338 e. The first-order valence-corrected chi connectivity index (χ1v) is 9.30. The van der Waals surface area contributed by atoms with Gasteiger partial charge in [0.25, 0.3) is 5.91 Å². The topological polar surface area (TPSA) is 91.1 Å². The summed E-state index contributed by atoms with van der Waals surface area (Å²) >= 11 is 0. The summed E-state index contributed by atoms with van der Waals surface area (Å²) < 4.78 is 21.4. The molecule has 160 valence electrons. The second-order valence-corrected chi connectivity index (χ2v) is 6.41. The molecule has 0 spiro atoms. The average molecular weight is 414 g/mol. The first-order chi connectivity index (χ1) is 14.4. The number of ether oxygens (including phenoxy) is 3. The number of amides is 1. The Hall–Kier alpha value is -3.55. The number of methoxy groups -OCH3 is 1. The third-order valence-electron chi connectivity index (χ3n) is 4.33. The van der Waals surface area contributed by atoms with Gasteiger partial charge in [-0.2, -0.15) is 0 Å². The zero-order valence-electron chi connectivity index (χ0n) is 17.5. The number of benzene rings is 1. The molecular weight excluding hydrogens is 388 g/mol. The molecule has 1 amide bonds. The SMILES string of the molecule is C=CCN(CC=C)C(=O)COC(=O)c1ccc(OCc2c(C)noc2C)c(OC)c1. The molecule has 0 bridgehead atoms. The largest absolute Gasteiger partial charge is 0.493 e. The Morgan fingerprint density at radius 1 is 1.17 bits per heavy atom. The van der Waals surface area contributed by atoms with Crippen molar-refractivity contribution in [3.05, 3.63) is 66.1 Å². The summed E-state index contributed by atoms with van der Waals surface area (Å²) in [5.74, 6) is 0.514. The molecule has 0 atom stereocenters. The number of aryl methyl sites for hydroxylation is 2. The fourth-order valence-corrected chi connectivity index (χ4v) is 2.66. The zero-order chi connectivity index (χ0) is 22.1. The minimum absolute atomic E-state index is 0.239. The standard InChI is InChI=1S/C22H26N2O6/c1-6-10-24(11-7-2)21(25)14-29-22(26)17-8-9-19(20(12-17)27-5)28-13-18-15(3)23-30-16(18)4/h6-9,12H,1-2,10-11,13-14H2,3-5H3. The van der Waals surface area contributed by atoms with E-state index in [4.69, 9.17) is 18.7 Å². The zero-order valence-corrected chi connectivity index (χ0v) is 17.5. The number of aromatic nitrogens is 1. The lowest BCUT2D eigenvalue weighted by Crippen LogP contribution is -2.35. The molecule has 0 aliphatic carbocycles. The van der Waals surface area contributed by atoms with Gasteiger partial charge in [0.15, 0.2) is 18.1 Å². The van der Waals surface area contributed by atoms with Crippen LogP contribution in [0.1, 0.15) is 27.4 Å². The van der Waals surface area contributed by atoms with E-state index in [1.807, 2.05) is 13.8 Å². The number of carbonyl (C=O) groups excluding carboxylic acids is 2. The second kappa shape index (κ2) is 10.8. The van der Waals surface area contributed by atoms with Crippen LogP contribution in [-0.2, 0) is 16.1 Å². The van der Waals surface area contributed by atoms with Crippen molar-refractivity contribution >= 4 is 11.9 Å². The van der Waals surface area contributed by atoms with Crippen molar-refractivity contribution in [3.63, 3.8) is 0 Å². The highest BCUT2D eigenvalue weighted by molar-refractivity contribution is 5.92. The van der Waals surface area contributed by atoms with Gasteiger partial charge in [-0.05, 0) is 32.0 Å². The smallest absolute Gasteiger partial charge is 0.338 e. The Bertz CT molecular complexity index is 889. The number of rotatable bonds is 11. The molecule has 8 nitrogen and oxygen atoms in total. The highest BCUT2D eigenvalue weighted by Gasteiger charge is 2.17. The molecule has 1 aromatic heterocycles. The third kappa shape index (κ3) is 5.73. The Morgan fingerprint density at radius 3 is 2.43 bits per heavy atom. The lowest BCUT2D eigenvalue weighted by Gasteiger charge is -2.19. The van der Waals surface area contributed by atoms with Crippen LogP contribution in [0.4, 0.5) is 0 Å². The van der Waals surface area contributed by atoms with Gasteiger partial charge in [-0.1, -0.05) is 17.3 Å². The van der Waals surface area contributed by atoms with Gasteiger partial charge >= 0.3 is 5.97 Å². The van der Waals surface area contributed by atoms with Crippen molar-refractivity contribution in [1.82, 2.24) is 10.1 Å². The quantitative estimate of drug-likeness (QED) is 0.412. The summed E-state index contributed by atoms with van der Waals surface area (Å²) in [6.07, 6.45) is 3.19. The summed E-state index contributed by atoms with van der Waals surface area (Å²) in [4.78, 5) is 26.0. The van der Waals surface area contributed by atoms with Crippen molar-refractivity contribution in [2.24, 2.45) is 0 Å². The van der Waals surface area contributed by atoms with Crippen LogP contribution in [0, 0.1) is 13.8 Å². The highest BCUT2D eigenvalue weighted by atomic mass is 16.5.